The Morgan fingerprint density at radius 2 is 1.91 bits per heavy atom. The lowest BCUT2D eigenvalue weighted by Crippen LogP contribution is -2.42. The van der Waals surface area contributed by atoms with Crippen molar-refractivity contribution in [1.29, 1.82) is 0 Å². The molecule has 4 nitrogen and oxygen atoms in total. The lowest BCUT2D eigenvalue weighted by Gasteiger charge is -2.27. The van der Waals surface area contributed by atoms with Crippen molar-refractivity contribution in [2.24, 2.45) is 0 Å². The molecule has 3 rings (SSSR count). The zero-order valence-electron chi connectivity index (χ0n) is 12.7. The van der Waals surface area contributed by atoms with E-state index in [4.69, 9.17) is 4.74 Å². The van der Waals surface area contributed by atoms with E-state index in [-0.39, 0.29) is 5.91 Å². The predicted molar refractivity (Wildman–Crippen MR) is 90.0 cm³/mol. The summed E-state index contributed by atoms with van der Waals surface area (Å²) in [6, 6.07) is 15.0. The van der Waals surface area contributed by atoms with E-state index >= 15 is 0 Å². The van der Waals surface area contributed by atoms with E-state index < -0.39 is 12.1 Å². The molecule has 23 heavy (non-hydrogen) atoms. The molecule has 1 atom stereocenters. The third kappa shape index (κ3) is 3.29. The van der Waals surface area contributed by atoms with Gasteiger partial charge in [0.2, 0.25) is 0 Å². The van der Waals surface area contributed by atoms with Crippen molar-refractivity contribution in [2.75, 3.05) is 7.05 Å². The summed E-state index contributed by atoms with van der Waals surface area (Å²) < 4.78 is 6.27. The second-order valence-electron chi connectivity index (χ2n) is 5.54. The maximum atomic E-state index is 12.6. The Balaban J connectivity index is 1.74. The Labute approximate surface area is 143 Å². The first-order valence-corrected chi connectivity index (χ1v) is 8.13. The molecule has 118 valence electrons. The Morgan fingerprint density at radius 1 is 1.22 bits per heavy atom. The highest BCUT2D eigenvalue weighted by Crippen LogP contribution is 2.23. The minimum Gasteiger partial charge on any atom is -0.448 e. The summed E-state index contributed by atoms with van der Waals surface area (Å²) in [5, 5.41) is 0. The minimum atomic E-state index is -0.759. The standard InChI is InChI=1S/C18H16BrNO3/c1-20(11-13-7-3-5-9-15(13)19)17(21)16-10-12-6-2-4-8-14(12)18(22)23-16/h2-9,16H,10-11H2,1H3. The van der Waals surface area contributed by atoms with Crippen LogP contribution in [-0.2, 0) is 22.5 Å². The van der Waals surface area contributed by atoms with Gasteiger partial charge in [0.15, 0.2) is 6.10 Å². The second-order valence-corrected chi connectivity index (χ2v) is 6.40. The molecule has 0 spiro atoms. The highest BCUT2D eigenvalue weighted by molar-refractivity contribution is 9.10. The number of esters is 1. The number of carbonyl (C=O) groups is 2. The first-order chi connectivity index (χ1) is 11.1. The molecule has 2 aromatic carbocycles. The molecule has 0 aliphatic carbocycles. The summed E-state index contributed by atoms with van der Waals surface area (Å²) in [4.78, 5) is 26.2. The first kappa shape index (κ1) is 15.7. The summed E-state index contributed by atoms with van der Waals surface area (Å²) in [5.74, 6) is -0.622. The van der Waals surface area contributed by atoms with Crippen molar-refractivity contribution in [3.63, 3.8) is 0 Å². The third-order valence-corrected chi connectivity index (χ3v) is 4.68. The Kier molecular flexibility index (Phi) is 4.48. The molecule has 0 saturated carbocycles. The molecule has 0 bridgehead atoms. The maximum absolute atomic E-state index is 12.6. The van der Waals surface area contributed by atoms with Gasteiger partial charge >= 0.3 is 5.97 Å². The first-order valence-electron chi connectivity index (χ1n) is 7.33. The topological polar surface area (TPSA) is 46.6 Å². The van der Waals surface area contributed by atoms with Crippen molar-refractivity contribution >= 4 is 27.8 Å². The van der Waals surface area contributed by atoms with E-state index in [9.17, 15) is 9.59 Å². The van der Waals surface area contributed by atoms with Gasteiger partial charge < -0.3 is 9.64 Å². The van der Waals surface area contributed by atoms with Crippen LogP contribution in [0.5, 0.6) is 0 Å². The van der Waals surface area contributed by atoms with Gasteiger partial charge in [-0.3, -0.25) is 4.79 Å². The van der Waals surface area contributed by atoms with Crippen LogP contribution in [-0.4, -0.2) is 29.9 Å². The smallest absolute Gasteiger partial charge is 0.339 e. The molecular weight excluding hydrogens is 358 g/mol. The van der Waals surface area contributed by atoms with Gasteiger partial charge in [0, 0.05) is 24.5 Å². The molecule has 1 heterocycles. The summed E-state index contributed by atoms with van der Waals surface area (Å²) in [6.07, 6.45) is -0.342. The number of hydrogen-bond acceptors (Lipinski definition) is 3. The van der Waals surface area contributed by atoms with Gasteiger partial charge in [-0.2, -0.15) is 0 Å². The van der Waals surface area contributed by atoms with Crippen LogP contribution in [0, 0.1) is 0 Å². The largest absolute Gasteiger partial charge is 0.448 e. The van der Waals surface area contributed by atoms with Gasteiger partial charge in [-0.1, -0.05) is 52.3 Å². The fourth-order valence-electron chi connectivity index (χ4n) is 2.68. The van der Waals surface area contributed by atoms with E-state index in [0.717, 1.165) is 15.6 Å². The fourth-order valence-corrected chi connectivity index (χ4v) is 3.09. The summed E-state index contributed by atoms with van der Waals surface area (Å²) >= 11 is 3.48. The van der Waals surface area contributed by atoms with Gasteiger partial charge in [0.25, 0.3) is 5.91 Å². The molecule has 1 aliphatic heterocycles. The van der Waals surface area contributed by atoms with Crippen molar-refractivity contribution in [2.45, 2.75) is 19.1 Å². The SMILES string of the molecule is CN(Cc1ccccc1Br)C(=O)C1Cc2ccccc2C(=O)O1. The number of carbonyl (C=O) groups excluding carboxylic acids is 2. The molecule has 0 N–H and O–H groups in total. The van der Waals surface area contributed by atoms with Crippen LogP contribution in [0.2, 0.25) is 0 Å². The normalized spacial score (nSPS) is 16.4. The molecule has 0 radical (unpaired) electrons. The molecular formula is C18H16BrNO3. The van der Waals surface area contributed by atoms with Gasteiger partial charge in [0.05, 0.1) is 5.56 Å². The quantitative estimate of drug-likeness (QED) is 0.776. The monoisotopic (exact) mass is 373 g/mol. The predicted octanol–water partition coefficient (Wildman–Crippen LogP) is 3.19. The molecule has 1 amide bonds. The molecule has 0 fully saturated rings. The number of likely N-dealkylation sites (N-methyl/N-ethyl adjacent to an activating group) is 1. The average Bonchev–Trinajstić information content (AvgIpc) is 2.56. The number of fused-ring (bicyclic) bond motifs is 1. The fraction of sp³-hybridized carbons (Fsp3) is 0.222. The number of cyclic esters (lactones) is 1. The molecule has 5 heteroatoms. The van der Waals surface area contributed by atoms with Crippen molar-refractivity contribution in [1.82, 2.24) is 4.90 Å². The summed E-state index contributed by atoms with van der Waals surface area (Å²) in [6.45, 7) is 0.454. The number of nitrogens with zero attached hydrogens (tertiary/aromatic N) is 1. The number of benzene rings is 2. The van der Waals surface area contributed by atoms with Crippen LogP contribution in [0.1, 0.15) is 21.5 Å². The molecule has 1 aliphatic rings. The molecule has 2 aromatic rings. The number of rotatable bonds is 3. The van der Waals surface area contributed by atoms with Crippen LogP contribution in [0.4, 0.5) is 0 Å². The second kappa shape index (κ2) is 6.54. The number of amides is 1. The Morgan fingerprint density at radius 3 is 2.70 bits per heavy atom. The maximum Gasteiger partial charge on any atom is 0.339 e. The average molecular weight is 374 g/mol. The van der Waals surface area contributed by atoms with Crippen molar-refractivity contribution in [3.8, 4) is 0 Å². The van der Waals surface area contributed by atoms with Gasteiger partial charge in [-0.05, 0) is 23.3 Å². The van der Waals surface area contributed by atoms with Gasteiger partial charge in [-0.15, -0.1) is 0 Å². The van der Waals surface area contributed by atoms with Crippen molar-refractivity contribution < 1.29 is 14.3 Å². The van der Waals surface area contributed by atoms with Gasteiger partial charge in [0.1, 0.15) is 0 Å². The number of halogens is 1. The lowest BCUT2D eigenvalue weighted by atomic mass is 9.98. The zero-order valence-corrected chi connectivity index (χ0v) is 14.2. The van der Waals surface area contributed by atoms with Crippen molar-refractivity contribution in [3.05, 3.63) is 69.7 Å². The van der Waals surface area contributed by atoms with E-state index in [2.05, 4.69) is 15.9 Å². The van der Waals surface area contributed by atoms with E-state index in [1.807, 2.05) is 36.4 Å². The van der Waals surface area contributed by atoms with Crippen LogP contribution >= 0.6 is 15.9 Å². The van der Waals surface area contributed by atoms with Crippen LogP contribution in [0.25, 0.3) is 0 Å². The minimum absolute atomic E-state index is 0.191. The number of hydrogen-bond donors (Lipinski definition) is 0. The zero-order chi connectivity index (χ0) is 16.4. The van der Waals surface area contributed by atoms with Crippen LogP contribution in [0.3, 0.4) is 0 Å². The summed E-state index contributed by atoms with van der Waals surface area (Å²) in [7, 11) is 1.72. The number of ether oxygens (including phenoxy) is 1. The van der Waals surface area contributed by atoms with Gasteiger partial charge in [-0.25, -0.2) is 4.79 Å². The van der Waals surface area contributed by atoms with E-state index in [0.29, 0.717) is 18.5 Å². The highest BCUT2D eigenvalue weighted by Gasteiger charge is 2.32. The van der Waals surface area contributed by atoms with Crippen LogP contribution in [0.15, 0.2) is 53.0 Å². The molecule has 0 saturated heterocycles. The van der Waals surface area contributed by atoms with E-state index in [1.165, 1.54) is 0 Å². The molecule has 1 unspecified atom stereocenters. The summed E-state index contributed by atoms with van der Waals surface area (Å²) in [5.41, 5.74) is 2.41. The van der Waals surface area contributed by atoms with E-state index in [1.54, 1.807) is 24.1 Å². The Hall–Kier alpha value is -2.14. The third-order valence-electron chi connectivity index (χ3n) is 3.91. The Bertz CT molecular complexity index is 759. The van der Waals surface area contributed by atoms with Crippen LogP contribution < -0.4 is 0 Å². The lowest BCUT2D eigenvalue weighted by molar-refractivity contribution is -0.140. The molecule has 0 aromatic heterocycles. The highest BCUT2D eigenvalue weighted by atomic mass is 79.9.